The number of methoxy groups -OCH3 is 2. The Morgan fingerprint density at radius 2 is 1.92 bits per heavy atom. The number of aryl methyl sites for hydroxylation is 2. The van der Waals surface area contributed by atoms with Crippen molar-refractivity contribution in [1.82, 2.24) is 9.97 Å². The number of ether oxygens (including phenoxy) is 2. The highest BCUT2D eigenvalue weighted by molar-refractivity contribution is 7.18. The van der Waals surface area contributed by atoms with Crippen molar-refractivity contribution >= 4 is 27.4 Å². The maximum absolute atomic E-state index is 5.49. The fourth-order valence-corrected chi connectivity index (χ4v) is 3.75. The summed E-state index contributed by atoms with van der Waals surface area (Å²) < 4.78 is 10.8. The van der Waals surface area contributed by atoms with E-state index in [0.717, 1.165) is 33.1 Å². The molecule has 2 heterocycles. The second-order valence-corrected chi connectivity index (χ2v) is 6.86. The number of nitrogens with one attached hydrogen (secondary N) is 1. The highest BCUT2D eigenvalue weighted by atomic mass is 32.1. The summed E-state index contributed by atoms with van der Waals surface area (Å²) in [5, 5.41) is 4.59. The molecule has 0 radical (unpaired) electrons. The molecule has 3 rings (SSSR count). The molecule has 5 nitrogen and oxygen atoms in total. The minimum Gasteiger partial charge on any atom is -0.497 e. The summed E-state index contributed by atoms with van der Waals surface area (Å²) in [5.74, 6) is 2.47. The van der Waals surface area contributed by atoms with Gasteiger partial charge in [0.25, 0.3) is 0 Å². The second kappa shape index (κ2) is 6.65. The SMILES string of the molecule is COc1ccc(OC)c([C@H](C)Nc2ncnc3sc(C)c(C)c23)c1. The van der Waals surface area contributed by atoms with Crippen LogP contribution in [-0.4, -0.2) is 24.2 Å². The molecule has 0 aliphatic heterocycles. The Balaban J connectivity index is 2.00. The fourth-order valence-electron chi connectivity index (χ4n) is 2.75. The molecule has 126 valence electrons. The van der Waals surface area contributed by atoms with Crippen molar-refractivity contribution < 1.29 is 9.47 Å². The highest BCUT2D eigenvalue weighted by Gasteiger charge is 2.17. The van der Waals surface area contributed by atoms with Crippen LogP contribution in [-0.2, 0) is 0 Å². The maximum atomic E-state index is 5.49. The first-order chi connectivity index (χ1) is 11.5. The number of anilines is 1. The van der Waals surface area contributed by atoms with Gasteiger partial charge in [-0.2, -0.15) is 0 Å². The molecule has 0 saturated carbocycles. The molecule has 1 aromatic carbocycles. The molecular weight excluding hydrogens is 322 g/mol. The van der Waals surface area contributed by atoms with Crippen LogP contribution in [0.2, 0.25) is 0 Å². The van der Waals surface area contributed by atoms with Crippen LogP contribution in [0.4, 0.5) is 5.82 Å². The summed E-state index contributed by atoms with van der Waals surface area (Å²) in [6.45, 7) is 6.30. The normalized spacial score (nSPS) is 12.2. The summed E-state index contributed by atoms with van der Waals surface area (Å²) >= 11 is 1.69. The monoisotopic (exact) mass is 343 g/mol. The molecule has 0 unspecified atom stereocenters. The van der Waals surface area contributed by atoms with Gasteiger partial charge in [-0.15, -0.1) is 11.3 Å². The second-order valence-electron chi connectivity index (χ2n) is 5.66. The lowest BCUT2D eigenvalue weighted by Crippen LogP contribution is -2.10. The topological polar surface area (TPSA) is 56.3 Å². The molecule has 0 saturated heterocycles. The van der Waals surface area contributed by atoms with Crippen LogP contribution >= 0.6 is 11.3 Å². The van der Waals surface area contributed by atoms with Gasteiger partial charge in [-0.3, -0.25) is 0 Å². The molecule has 24 heavy (non-hydrogen) atoms. The first-order valence-corrected chi connectivity index (χ1v) is 8.56. The van der Waals surface area contributed by atoms with Crippen molar-refractivity contribution in [1.29, 1.82) is 0 Å². The van der Waals surface area contributed by atoms with E-state index in [-0.39, 0.29) is 6.04 Å². The van der Waals surface area contributed by atoms with Crippen LogP contribution in [0.5, 0.6) is 11.5 Å². The predicted octanol–water partition coefficient (Wildman–Crippen LogP) is 4.50. The van der Waals surface area contributed by atoms with Gasteiger partial charge in [0.15, 0.2) is 0 Å². The van der Waals surface area contributed by atoms with Crippen LogP contribution < -0.4 is 14.8 Å². The van der Waals surface area contributed by atoms with Crippen molar-refractivity contribution in [3.8, 4) is 11.5 Å². The smallest absolute Gasteiger partial charge is 0.138 e. The zero-order valence-corrected chi connectivity index (χ0v) is 15.3. The van der Waals surface area contributed by atoms with Gasteiger partial charge in [-0.1, -0.05) is 0 Å². The summed E-state index contributed by atoms with van der Waals surface area (Å²) in [6, 6.07) is 5.81. The quantitative estimate of drug-likeness (QED) is 0.739. The molecule has 2 aromatic heterocycles. The Morgan fingerprint density at radius 3 is 2.62 bits per heavy atom. The Kier molecular flexibility index (Phi) is 4.57. The van der Waals surface area contributed by atoms with Crippen LogP contribution in [0.15, 0.2) is 24.5 Å². The van der Waals surface area contributed by atoms with E-state index < -0.39 is 0 Å². The Hall–Kier alpha value is -2.34. The van der Waals surface area contributed by atoms with E-state index >= 15 is 0 Å². The van der Waals surface area contributed by atoms with Gasteiger partial charge in [0, 0.05) is 10.4 Å². The predicted molar refractivity (Wildman–Crippen MR) is 98.5 cm³/mol. The number of nitrogens with zero attached hydrogens (tertiary/aromatic N) is 2. The van der Waals surface area contributed by atoms with Crippen molar-refractivity contribution in [2.45, 2.75) is 26.8 Å². The molecule has 0 spiro atoms. The number of hydrogen-bond donors (Lipinski definition) is 1. The number of thiophene rings is 1. The molecule has 3 aromatic rings. The number of fused-ring (bicyclic) bond motifs is 1. The molecule has 0 bridgehead atoms. The summed E-state index contributed by atoms with van der Waals surface area (Å²) in [4.78, 5) is 11.1. The van der Waals surface area contributed by atoms with Gasteiger partial charge in [0.05, 0.1) is 25.6 Å². The maximum Gasteiger partial charge on any atom is 0.138 e. The molecule has 1 N–H and O–H groups in total. The van der Waals surface area contributed by atoms with E-state index in [0.29, 0.717) is 0 Å². The zero-order valence-electron chi connectivity index (χ0n) is 14.5. The van der Waals surface area contributed by atoms with Crippen molar-refractivity contribution in [2.75, 3.05) is 19.5 Å². The van der Waals surface area contributed by atoms with Gasteiger partial charge < -0.3 is 14.8 Å². The van der Waals surface area contributed by atoms with Crippen LogP contribution in [0.1, 0.15) is 29.0 Å². The molecule has 0 fully saturated rings. The van der Waals surface area contributed by atoms with E-state index in [1.165, 1.54) is 10.4 Å². The Bertz CT molecular complexity index is 876. The van der Waals surface area contributed by atoms with Crippen LogP contribution in [0.25, 0.3) is 10.2 Å². The zero-order chi connectivity index (χ0) is 17.3. The van der Waals surface area contributed by atoms with Crippen molar-refractivity contribution in [3.63, 3.8) is 0 Å². The van der Waals surface area contributed by atoms with E-state index in [1.807, 2.05) is 18.2 Å². The molecule has 0 aliphatic rings. The summed E-state index contributed by atoms with van der Waals surface area (Å²) in [7, 11) is 3.34. The average Bonchev–Trinajstić information content (AvgIpc) is 2.89. The van der Waals surface area contributed by atoms with E-state index in [2.05, 4.69) is 36.1 Å². The largest absolute Gasteiger partial charge is 0.497 e. The number of hydrogen-bond acceptors (Lipinski definition) is 6. The van der Waals surface area contributed by atoms with Crippen molar-refractivity contribution in [2.24, 2.45) is 0 Å². The van der Waals surface area contributed by atoms with Gasteiger partial charge in [-0.25, -0.2) is 9.97 Å². The first-order valence-electron chi connectivity index (χ1n) is 7.74. The van der Waals surface area contributed by atoms with E-state index in [9.17, 15) is 0 Å². The van der Waals surface area contributed by atoms with E-state index in [4.69, 9.17) is 9.47 Å². The van der Waals surface area contributed by atoms with E-state index in [1.54, 1.807) is 31.9 Å². The van der Waals surface area contributed by atoms with Crippen molar-refractivity contribution in [3.05, 3.63) is 40.5 Å². The minimum absolute atomic E-state index is 0.00718. The van der Waals surface area contributed by atoms with Gasteiger partial charge in [-0.05, 0) is 44.5 Å². The summed E-state index contributed by atoms with van der Waals surface area (Å²) in [6.07, 6.45) is 1.61. The molecule has 0 amide bonds. The standard InChI is InChI=1S/C18H21N3O2S/c1-10-12(3)24-18-16(10)17(19-9-20-18)21-11(2)14-8-13(22-4)6-7-15(14)23-5/h6-9,11H,1-5H3,(H,19,20,21)/t11-/m0/s1. The van der Waals surface area contributed by atoms with Gasteiger partial charge >= 0.3 is 0 Å². The third-order valence-corrected chi connectivity index (χ3v) is 5.34. The summed E-state index contributed by atoms with van der Waals surface area (Å²) in [5.41, 5.74) is 2.25. The first kappa shape index (κ1) is 16.5. The third kappa shape index (κ3) is 2.89. The third-order valence-electron chi connectivity index (χ3n) is 4.22. The van der Waals surface area contributed by atoms with Gasteiger partial charge in [0.2, 0.25) is 0 Å². The fraction of sp³-hybridized carbons (Fsp3) is 0.333. The number of benzene rings is 1. The Morgan fingerprint density at radius 1 is 1.12 bits per heavy atom. The number of rotatable bonds is 5. The van der Waals surface area contributed by atoms with Crippen LogP contribution in [0.3, 0.4) is 0 Å². The minimum atomic E-state index is 0.00718. The highest BCUT2D eigenvalue weighted by Crippen LogP contribution is 2.36. The lowest BCUT2D eigenvalue weighted by Gasteiger charge is -2.19. The Labute approximate surface area is 145 Å². The molecule has 1 atom stereocenters. The lowest BCUT2D eigenvalue weighted by atomic mass is 10.1. The lowest BCUT2D eigenvalue weighted by molar-refractivity contribution is 0.397. The van der Waals surface area contributed by atoms with Gasteiger partial charge in [0.1, 0.15) is 28.5 Å². The molecule has 0 aliphatic carbocycles. The average molecular weight is 343 g/mol. The van der Waals surface area contributed by atoms with Crippen LogP contribution in [0, 0.1) is 13.8 Å². The molecular formula is C18H21N3O2S. The number of aromatic nitrogens is 2. The molecule has 6 heteroatoms.